The van der Waals surface area contributed by atoms with Gasteiger partial charge in [-0.05, 0) is 42.5 Å². The van der Waals surface area contributed by atoms with Crippen molar-refractivity contribution in [2.45, 2.75) is 0 Å². The second-order valence-electron chi connectivity index (χ2n) is 6.21. The maximum Gasteiger partial charge on any atom is 0.267 e. The molecule has 0 radical (unpaired) electrons. The molecular weight excluding hydrogens is 366 g/mol. The molecule has 0 saturated carbocycles. The van der Waals surface area contributed by atoms with Gasteiger partial charge in [-0.1, -0.05) is 29.8 Å². The third kappa shape index (κ3) is 2.15. The lowest BCUT2D eigenvalue weighted by Crippen LogP contribution is -2.29. The van der Waals surface area contributed by atoms with E-state index in [0.29, 0.717) is 16.3 Å². The van der Waals surface area contributed by atoms with Gasteiger partial charge < -0.3 is 4.42 Å². The largest absolute Gasteiger partial charge is 0.456 e. The molecule has 5 rings (SSSR count). The number of carbonyl (C=O) groups is 2. The fraction of sp³-hybridized carbons (Fsp3) is 0. The Hall–Kier alpha value is -3.44. The van der Waals surface area contributed by atoms with Crippen LogP contribution in [0.2, 0.25) is 5.02 Å². The molecule has 2 heterocycles. The summed E-state index contributed by atoms with van der Waals surface area (Å²) in [5.41, 5.74) is 0.937. The third-order valence-corrected chi connectivity index (χ3v) is 4.90. The van der Waals surface area contributed by atoms with Gasteiger partial charge in [-0.25, -0.2) is 4.90 Å². The molecule has 0 spiro atoms. The SMILES string of the molecule is O=C1c2ccc3oc4ccc(Cl)cc4c(=O)c3c2C(=O)N1c1ccccc1. The van der Waals surface area contributed by atoms with Crippen LogP contribution in [0.4, 0.5) is 5.69 Å². The molecule has 0 unspecified atom stereocenters. The lowest BCUT2D eigenvalue weighted by atomic mass is 10.0. The summed E-state index contributed by atoms with van der Waals surface area (Å²) in [5.74, 6) is -1.01. The summed E-state index contributed by atoms with van der Waals surface area (Å²) >= 11 is 6.00. The van der Waals surface area contributed by atoms with Crippen molar-refractivity contribution in [1.82, 2.24) is 0 Å². The first kappa shape index (κ1) is 15.8. The van der Waals surface area contributed by atoms with Crippen molar-refractivity contribution in [2.24, 2.45) is 0 Å². The number of amides is 2. The molecule has 6 heteroatoms. The molecule has 5 nitrogen and oxygen atoms in total. The van der Waals surface area contributed by atoms with Gasteiger partial charge in [-0.15, -0.1) is 0 Å². The van der Waals surface area contributed by atoms with Crippen LogP contribution in [-0.2, 0) is 0 Å². The number of halogens is 1. The molecule has 2 amide bonds. The molecule has 27 heavy (non-hydrogen) atoms. The number of carbonyl (C=O) groups excluding carboxylic acids is 2. The van der Waals surface area contributed by atoms with E-state index in [1.165, 1.54) is 12.1 Å². The number of rotatable bonds is 1. The van der Waals surface area contributed by atoms with Crippen LogP contribution in [0.3, 0.4) is 0 Å². The average molecular weight is 376 g/mol. The van der Waals surface area contributed by atoms with Crippen molar-refractivity contribution in [3.63, 3.8) is 0 Å². The Balaban J connectivity index is 1.85. The number of benzene rings is 3. The zero-order valence-corrected chi connectivity index (χ0v) is 14.5. The standard InChI is InChI=1S/C21H10ClNO4/c22-11-6-8-15-14(10-11)19(24)18-16(27-15)9-7-13-17(18)21(26)23(20(13)25)12-4-2-1-3-5-12/h1-10H. The van der Waals surface area contributed by atoms with E-state index in [4.69, 9.17) is 16.0 Å². The number of nitrogens with zero attached hydrogens (tertiary/aromatic N) is 1. The van der Waals surface area contributed by atoms with Crippen molar-refractivity contribution in [3.05, 3.63) is 87.0 Å². The van der Waals surface area contributed by atoms with Gasteiger partial charge in [-0.3, -0.25) is 14.4 Å². The maximum absolute atomic E-state index is 13.1. The predicted octanol–water partition coefficient (Wildman–Crippen LogP) is 4.40. The monoisotopic (exact) mass is 375 g/mol. The lowest BCUT2D eigenvalue weighted by Gasteiger charge is -2.13. The van der Waals surface area contributed by atoms with Crippen molar-refractivity contribution in [1.29, 1.82) is 0 Å². The number of imide groups is 1. The molecule has 1 aliphatic rings. The van der Waals surface area contributed by atoms with Gasteiger partial charge in [0, 0.05) is 5.02 Å². The lowest BCUT2D eigenvalue weighted by molar-refractivity contribution is 0.0926. The van der Waals surface area contributed by atoms with E-state index < -0.39 is 11.8 Å². The summed E-state index contributed by atoms with van der Waals surface area (Å²) < 4.78 is 5.79. The van der Waals surface area contributed by atoms with E-state index in [9.17, 15) is 14.4 Å². The third-order valence-electron chi connectivity index (χ3n) is 4.67. The van der Waals surface area contributed by atoms with Gasteiger partial charge in [0.15, 0.2) is 0 Å². The second-order valence-corrected chi connectivity index (χ2v) is 6.65. The highest BCUT2D eigenvalue weighted by molar-refractivity contribution is 6.37. The van der Waals surface area contributed by atoms with Crippen LogP contribution in [0.1, 0.15) is 20.7 Å². The average Bonchev–Trinajstić information content (AvgIpc) is 2.93. The summed E-state index contributed by atoms with van der Waals surface area (Å²) in [6.07, 6.45) is 0. The molecule has 0 N–H and O–H groups in total. The Kier molecular flexibility index (Phi) is 3.23. The molecule has 0 aliphatic carbocycles. The minimum atomic E-state index is -0.541. The Morgan fingerprint density at radius 1 is 0.815 bits per heavy atom. The summed E-state index contributed by atoms with van der Waals surface area (Å²) in [6, 6.07) is 16.4. The summed E-state index contributed by atoms with van der Waals surface area (Å²) in [5, 5.41) is 0.746. The summed E-state index contributed by atoms with van der Waals surface area (Å²) in [6.45, 7) is 0. The van der Waals surface area contributed by atoms with Crippen molar-refractivity contribution in [2.75, 3.05) is 4.90 Å². The Bertz CT molecular complexity index is 1340. The zero-order chi connectivity index (χ0) is 18.7. The molecule has 3 aromatic carbocycles. The van der Waals surface area contributed by atoms with Crippen LogP contribution in [-0.4, -0.2) is 11.8 Å². The first-order valence-electron chi connectivity index (χ1n) is 8.19. The molecule has 0 atom stereocenters. The number of hydrogen-bond donors (Lipinski definition) is 0. The van der Waals surface area contributed by atoms with Crippen LogP contribution < -0.4 is 10.3 Å². The van der Waals surface area contributed by atoms with Gasteiger partial charge in [0.25, 0.3) is 11.8 Å². The fourth-order valence-electron chi connectivity index (χ4n) is 3.45. The minimum absolute atomic E-state index is 0.0666. The van der Waals surface area contributed by atoms with E-state index in [2.05, 4.69) is 0 Å². The Morgan fingerprint density at radius 3 is 2.33 bits per heavy atom. The molecule has 0 bridgehead atoms. The number of para-hydroxylation sites is 1. The van der Waals surface area contributed by atoms with E-state index in [-0.39, 0.29) is 32.9 Å². The number of hydrogen-bond acceptors (Lipinski definition) is 4. The van der Waals surface area contributed by atoms with Crippen LogP contribution in [0, 0.1) is 0 Å². The topological polar surface area (TPSA) is 67.6 Å². The molecular formula is C21H10ClNO4. The Labute approximate surface area is 157 Å². The van der Waals surface area contributed by atoms with E-state index >= 15 is 0 Å². The van der Waals surface area contributed by atoms with Crippen LogP contribution in [0.5, 0.6) is 0 Å². The fourth-order valence-corrected chi connectivity index (χ4v) is 3.62. The highest BCUT2D eigenvalue weighted by Gasteiger charge is 2.39. The molecule has 0 saturated heterocycles. The second kappa shape index (κ2) is 5.53. The molecule has 1 aliphatic heterocycles. The van der Waals surface area contributed by atoms with E-state index in [1.807, 2.05) is 0 Å². The van der Waals surface area contributed by atoms with E-state index in [1.54, 1.807) is 48.5 Å². The van der Waals surface area contributed by atoms with Gasteiger partial charge in [0.1, 0.15) is 11.2 Å². The van der Waals surface area contributed by atoms with E-state index in [0.717, 1.165) is 4.90 Å². The highest BCUT2D eigenvalue weighted by Crippen LogP contribution is 2.33. The van der Waals surface area contributed by atoms with Crippen LogP contribution >= 0.6 is 11.6 Å². The summed E-state index contributed by atoms with van der Waals surface area (Å²) in [7, 11) is 0. The van der Waals surface area contributed by atoms with Crippen LogP contribution in [0.25, 0.3) is 21.9 Å². The first-order chi connectivity index (χ1) is 13.1. The van der Waals surface area contributed by atoms with Crippen LogP contribution in [0.15, 0.2) is 69.9 Å². The molecule has 0 fully saturated rings. The number of anilines is 1. The molecule has 4 aromatic rings. The van der Waals surface area contributed by atoms with Gasteiger partial charge in [0.05, 0.1) is 27.6 Å². The molecule has 130 valence electrons. The van der Waals surface area contributed by atoms with Crippen molar-refractivity contribution >= 4 is 51.0 Å². The normalized spacial score (nSPS) is 13.6. The zero-order valence-electron chi connectivity index (χ0n) is 13.7. The minimum Gasteiger partial charge on any atom is -0.456 e. The van der Waals surface area contributed by atoms with Crippen molar-refractivity contribution < 1.29 is 14.0 Å². The highest BCUT2D eigenvalue weighted by atomic mass is 35.5. The van der Waals surface area contributed by atoms with Crippen molar-refractivity contribution in [3.8, 4) is 0 Å². The maximum atomic E-state index is 13.1. The number of fused-ring (bicyclic) bond motifs is 4. The quantitative estimate of drug-likeness (QED) is 0.365. The smallest absolute Gasteiger partial charge is 0.267 e. The first-order valence-corrected chi connectivity index (χ1v) is 8.57. The van der Waals surface area contributed by atoms with Gasteiger partial charge in [-0.2, -0.15) is 0 Å². The Morgan fingerprint density at radius 2 is 1.56 bits per heavy atom. The summed E-state index contributed by atoms with van der Waals surface area (Å²) in [4.78, 5) is 40.1. The predicted molar refractivity (Wildman–Crippen MR) is 103 cm³/mol. The molecule has 1 aromatic heterocycles. The van der Waals surface area contributed by atoms with Gasteiger partial charge >= 0.3 is 0 Å². The van der Waals surface area contributed by atoms with Gasteiger partial charge in [0.2, 0.25) is 5.43 Å².